The Balaban J connectivity index is 2.16. The van der Waals surface area contributed by atoms with Crippen molar-refractivity contribution in [2.24, 2.45) is 0 Å². The minimum Gasteiger partial charge on any atom is -0.389 e. The number of nitrogens with one attached hydrogen (secondary N) is 2. The zero-order valence-corrected chi connectivity index (χ0v) is 10.7. The molecule has 1 aliphatic rings. The van der Waals surface area contributed by atoms with Gasteiger partial charge in [-0.05, 0) is 18.9 Å². The molecular formula is C13H22N2O3. The van der Waals surface area contributed by atoms with Crippen LogP contribution in [0.4, 0.5) is 0 Å². The van der Waals surface area contributed by atoms with Gasteiger partial charge in [-0.25, -0.2) is 0 Å². The number of carbonyl (C=O) groups is 2. The standard InChI is InChI=1S/C13H22N2O3/c1-2-11(16)14-8-9-15-12(17)10-13(18)6-4-3-5-7-13/h2,18H,1,3-10H2,(H,14,16)(H,15,17). The van der Waals surface area contributed by atoms with Gasteiger partial charge < -0.3 is 15.7 Å². The van der Waals surface area contributed by atoms with E-state index >= 15 is 0 Å². The van der Waals surface area contributed by atoms with Gasteiger partial charge in [0.05, 0.1) is 12.0 Å². The van der Waals surface area contributed by atoms with Gasteiger partial charge in [0.1, 0.15) is 0 Å². The van der Waals surface area contributed by atoms with Crippen LogP contribution in [0.25, 0.3) is 0 Å². The Morgan fingerprint density at radius 2 is 1.78 bits per heavy atom. The number of hydrogen-bond acceptors (Lipinski definition) is 3. The van der Waals surface area contributed by atoms with Gasteiger partial charge in [0.2, 0.25) is 11.8 Å². The van der Waals surface area contributed by atoms with E-state index in [-0.39, 0.29) is 18.2 Å². The highest BCUT2D eigenvalue weighted by molar-refractivity contribution is 5.86. The fraction of sp³-hybridized carbons (Fsp3) is 0.692. The normalized spacial score (nSPS) is 17.8. The van der Waals surface area contributed by atoms with E-state index in [4.69, 9.17) is 0 Å². The molecule has 0 radical (unpaired) electrons. The van der Waals surface area contributed by atoms with E-state index < -0.39 is 5.60 Å². The molecule has 0 saturated heterocycles. The van der Waals surface area contributed by atoms with Gasteiger partial charge in [-0.1, -0.05) is 25.8 Å². The second-order valence-corrected chi connectivity index (χ2v) is 4.81. The number of rotatable bonds is 6. The number of carbonyl (C=O) groups excluding carboxylic acids is 2. The molecule has 0 aromatic heterocycles. The third kappa shape index (κ3) is 5.31. The summed E-state index contributed by atoms with van der Waals surface area (Å²) in [5, 5.41) is 15.4. The predicted molar refractivity (Wildman–Crippen MR) is 68.9 cm³/mol. The van der Waals surface area contributed by atoms with E-state index in [1.54, 1.807) is 0 Å². The third-order valence-electron chi connectivity index (χ3n) is 3.21. The van der Waals surface area contributed by atoms with E-state index in [0.29, 0.717) is 25.9 Å². The molecule has 1 rings (SSSR count). The van der Waals surface area contributed by atoms with Crippen molar-refractivity contribution in [2.75, 3.05) is 13.1 Å². The molecule has 0 bridgehead atoms. The zero-order chi connectivity index (χ0) is 13.4. The maximum atomic E-state index is 11.6. The van der Waals surface area contributed by atoms with Crippen LogP contribution < -0.4 is 10.6 Å². The van der Waals surface area contributed by atoms with Crippen LogP contribution in [0.3, 0.4) is 0 Å². The lowest BCUT2D eigenvalue weighted by Crippen LogP contribution is -2.40. The molecule has 3 N–H and O–H groups in total. The van der Waals surface area contributed by atoms with Crippen molar-refractivity contribution in [3.05, 3.63) is 12.7 Å². The Bertz CT molecular complexity index is 309. The Morgan fingerprint density at radius 1 is 1.17 bits per heavy atom. The number of hydrogen-bond donors (Lipinski definition) is 3. The monoisotopic (exact) mass is 254 g/mol. The van der Waals surface area contributed by atoms with Gasteiger partial charge in [0, 0.05) is 13.1 Å². The van der Waals surface area contributed by atoms with Crippen LogP contribution in [-0.2, 0) is 9.59 Å². The van der Waals surface area contributed by atoms with Crippen LogP contribution in [0, 0.1) is 0 Å². The Hall–Kier alpha value is -1.36. The molecule has 5 heteroatoms. The first kappa shape index (κ1) is 14.7. The van der Waals surface area contributed by atoms with Gasteiger partial charge in [-0.15, -0.1) is 0 Å². The summed E-state index contributed by atoms with van der Waals surface area (Å²) in [7, 11) is 0. The highest BCUT2D eigenvalue weighted by atomic mass is 16.3. The van der Waals surface area contributed by atoms with Crippen LogP contribution in [0.1, 0.15) is 38.5 Å². The third-order valence-corrected chi connectivity index (χ3v) is 3.21. The molecule has 0 aromatic rings. The summed E-state index contributed by atoms with van der Waals surface area (Å²) in [6.45, 7) is 4.07. The smallest absolute Gasteiger partial charge is 0.243 e. The Labute approximate surface area is 108 Å². The molecule has 0 aliphatic heterocycles. The van der Waals surface area contributed by atoms with Crippen LogP contribution in [-0.4, -0.2) is 35.6 Å². The van der Waals surface area contributed by atoms with E-state index in [1.165, 1.54) is 6.08 Å². The van der Waals surface area contributed by atoms with Crippen molar-refractivity contribution in [1.29, 1.82) is 0 Å². The van der Waals surface area contributed by atoms with Gasteiger partial charge in [0.15, 0.2) is 0 Å². The molecule has 1 fully saturated rings. The molecule has 0 atom stereocenters. The summed E-state index contributed by atoms with van der Waals surface area (Å²) in [5.74, 6) is -0.414. The average Bonchev–Trinajstić information content (AvgIpc) is 2.34. The van der Waals surface area contributed by atoms with E-state index in [1.807, 2.05) is 0 Å². The molecule has 1 aliphatic carbocycles. The first-order chi connectivity index (χ1) is 8.56. The van der Waals surface area contributed by atoms with Crippen LogP contribution in [0.2, 0.25) is 0 Å². The summed E-state index contributed by atoms with van der Waals surface area (Å²) < 4.78 is 0. The van der Waals surface area contributed by atoms with Crippen LogP contribution >= 0.6 is 0 Å². The molecule has 102 valence electrons. The molecule has 2 amide bonds. The molecule has 0 heterocycles. The maximum absolute atomic E-state index is 11.6. The second-order valence-electron chi connectivity index (χ2n) is 4.81. The Morgan fingerprint density at radius 3 is 2.39 bits per heavy atom. The summed E-state index contributed by atoms with van der Waals surface area (Å²) in [5.41, 5.74) is -0.827. The fourth-order valence-corrected chi connectivity index (χ4v) is 2.21. The number of amides is 2. The van der Waals surface area contributed by atoms with Gasteiger partial charge in [-0.3, -0.25) is 9.59 Å². The van der Waals surface area contributed by atoms with Gasteiger partial charge >= 0.3 is 0 Å². The van der Waals surface area contributed by atoms with Crippen LogP contribution in [0.15, 0.2) is 12.7 Å². The molecule has 5 nitrogen and oxygen atoms in total. The largest absolute Gasteiger partial charge is 0.389 e. The summed E-state index contributed by atoms with van der Waals surface area (Å²) in [6.07, 6.45) is 5.85. The molecule has 0 spiro atoms. The maximum Gasteiger partial charge on any atom is 0.243 e. The zero-order valence-electron chi connectivity index (χ0n) is 10.7. The molecule has 1 saturated carbocycles. The van der Waals surface area contributed by atoms with Crippen molar-refractivity contribution in [3.63, 3.8) is 0 Å². The van der Waals surface area contributed by atoms with Crippen molar-refractivity contribution >= 4 is 11.8 Å². The highest BCUT2D eigenvalue weighted by Crippen LogP contribution is 2.30. The lowest BCUT2D eigenvalue weighted by Gasteiger charge is -2.31. The summed E-state index contributed by atoms with van der Waals surface area (Å²) in [6, 6.07) is 0. The molecule has 0 unspecified atom stereocenters. The van der Waals surface area contributed by atoms with Crippen molar-refractivity contribution < 1.29 is 14.7 Å². The molecule has 18 heavy (non-hydrogen) atoms. The fourth-order valence-electron chi connectivity index (χ4n) is 2.21. The first-order valence-corrected chi connectivity index (χ1v) is 6.45. The van der Waals surface area contributed by atoms with Crippen molar-refractivity contribution in [3.8, 4) is 0 Å². The van der Waals surface area contributed by atoms with Crippen molar-refractivity contribution in [2.45, 2.75) is 44.1 Å². The lowest BCUT2D eigenvalue weighted by molar-refractivity contribution is -0.127. The van der Waals surface area contributed by atoms with Crippen LogP contribution in [0.5, 0.6) is 0 Å². The summed E-state index contributed by atoms with van der Waals surface area (Å²) >= 11 is 0. The second kappa shape index (κ2) is 7.16. The number of aliphatic hydroxyl groups is 1. The quantitative estimate of drug-likeness (QED) is 0.477. The topological polar surface area (TPSA) is 78.4 Å². The summed E-state index contributed by atoms with van der Waals surface area (Å²) in [4.78, 5) is 22.5. The molecule has 0 aromatic carbocycles. The van der Waals surface area contributed by atoms with E-state index in [0.717, 1.165) is 19.3 Å². The predicted octanol–water partition coefficient (Wildman–Crippen LogP) is 0.490. The first-order valence-electron chi connectivity index (χ1n) is 6.45. The minimum atomic E-state index is -0.827. The van der Waals surface area contributed by atoms with Crippen molar-refractivity contribution in [1.82, 2.24) is 10.6 Å². The highest BCUT2D eigenvalue weighted by Gasteiger charge is 2.31. The average molecular weight is 254 g/mol. The SMILES string of the molecule is C=CC(=O)NCCNC(=O)CC1(O)CCCCC1. The minimum absolute atomic E-state index is 0.155. The van der Waals surface area contributed by atoms with Gasteiger partial charge in [-0.2, -0.15) is 0 Å². The molecular weight excluding hydrogens is 232 g/mol. The van der Waals surface area contributed by atoms with Gasteiger partial charge in [0.25, 0.3) is 0 Å². The Kier molecular flexibility index (Phi) is 5.85. The van der Waals surface area contributed by atoms with E-state index in [9.17, 15) is 14.7 Å². The lowest BCUT2D eigenvalue weighted by atomic mass is 9.82. The van der Waals surface area contributed by atoms with E-state index in [2.05, 4.69) is 17.2 Å².